The van der Waals surface area contributed by atoms with Crippen molar-refractivity contribution in [3.63, 3.8) is 0 Å². The summed E-state index contributed by atoms with van der Waals surface area (Å²) in [6.07, 6.45) is 7.77. The summed E-state index contributed by atoms with van der Waals surface area (Å²) in [5.41, 5.74) is 1.58. The van der Waals surface area contributed by atoms with Gasteiger partial charge in [0, 0.05) is 31.7 Å². The molecular formula is C12H22N4. The van der Waals surface area contributed by atoms with Crippen LogP contribution in [0.3, 0.4) is 0 Å². The second kappa shape index (κ2) is 4.87. The van der Waals surface area contributed by atoms with Gasteiger partial charge in [-0.1, -0.05) is 13.3 Å². The molecule has 0 amide bonds. The summed E-state index contributed by atoms with van der Waals surface area (Å²) in [4.78, 5) is 0. The van der Waals surface area contributed by atoms with Crippen molar-refractivity contribution in [3.05, 3.63) is 12.4 Å². The van der Waals surface area contributed by atoms with Crippen LogP contribution in [-0.2, 0) is 7.05 Å². The fourth-order valence-corrected chi connectivity index (χ4v) is 2.58. The number of anilines is 1. The first-order chi connectivity index (χ1) is 7.74. The third kappa shape index (κ3) is 2.55. The van der Waals surface area contributed by atoms with Gasteiger partial charge in [0.1, 0.15) is 0 Å². The van der Waals surface area contributed by atoms with Crippen LogP contribution in [0.2, 0.25) is 0 Å². The molecule has 1 unspecified atom stereocenters. The molecule has 1 saturated heterocycles. The third-order valence-electron chi connectivity index (χ3n) is 3.48. The van der Waals surface area contributed by atoms with E-state index in [1.165, 1.54) is 19.3 Å². The minimum atomic E-state index is 0.449. The monoisotopic (exact) mass is 222 g/mol. The van der Waals surface area contributed by atoms with Crippen molar-refractivity contribution in [1.82, 2.24) is 15.1 Å². The maximum atomic E-state index is 4.17. The number of aryl methyl sites for hydroxylation is 1. The lowest BCUT2D eigenvalue weighted by molar-refractivity contribution is 0.314. The van der Waals surface area contributed by atoms with Crippen LogP contribution in [0.1, 0.15) is 26.2 Å². The van der Waals surface area contributed by atoms with Crippen molar-refractivity contribution in [2.45, 2.75) is 26.2 Å². The Morgan fingerprint density at radius 1 is 1.62 bits per heavy atom. The predicted octanol–water partition coefficient (Wildman–Crippen LogP) is 1.61. The molecule has 0 aromatic carbocycles. The molecule has 4 nitrogen and oxygen atoms in total. The van der Waals surface area contributed by atoms with Gasteiger partial charge in [-0.2, -0.15) is 5.10 Å². The van der Waals surface area contributed by atoms with Gasteiger partial charge >= 0.3 is 0 Å². The largest absolute Gasteiger partial charge is 0.382 e. The molecule has 0 spiro atoms. The quantitative estimate of drug-likeness (QED) is 0.795. The Morgan fingerprint density at radius 3 is 3.06 bits per heavy atom. The highest BCUT2D eigenvalue weighted by atomic mass is 15.3. The predicted molar refractivity (Wildman–Crippen MR) is 66.5 cm³/mol. The van der Waals surface area contributed by atoms with Gasteiger partial charge < -0.3 is 10.6 Å². The molecule has 0 radical (unpaired) electrons. The average Bonchev–Trinajstić information content (AvgIpc) is 2.86. The lowest BCUT2D eigenvalue weighted by Crippen LogP contribution is -2.32. The first-order valence-corrected chi connectivity index (χ1v) is 6.17. The van der Waals surface area contributed by atoms with Crippen LogP contribution >= 0.6 is 0 Å². The van der Waals surface area contributed by atoms with E-state index in [0.29, 0.717) is 5.41 Å². The molecule has 0 aliphatic carbocycles. The van der Waals surface area contributed by atoms with Gasteiger partial charge in [-0.3, -0.25) is 4.68 Å². The molecule has 2 rings (SSSR count). The zero-order valence-electron chi connectivity index (χ0n) is 10.3. The summed E-state index contributed by atoms with van der Waals surface area (Å²) >= 11 is 0. The highest BCUT2D eigenvalue weighted by molar-refractivity contribution is 5.38. The van der Waals surface area contributed by atoms with E-state index < -0.39 is 0 Å². The van der Waals surface area contributed by atoms with Gasteiger partial charge in [-0.25, -0.2) is 0 Å². The number of hydrogen-bond donors (Lipinski definition) is 2. The lowest BCUT2D eigenvalue weighted by atomic mass is 9.82. The van der Waals surface area contributed by atoms with Crippen molar-refractivity contribution in [2.75, 3.05) is 25.0 Å². The minimum Gasteiger partial charge on any atom is -0.382 e. The number of aromatic nitrogens is 2. The fourth-order valence-electron chi connectivity index (χ4n) is 2.58. The van der Waals surface area contributed by atoms with Crippen molar-refractivity contribution >= 4 is 5.69 Å². The SMILES string of the molecule is CCCC1(CNc2cnn(C)c2)CCNC1. The second-order valence-corrected chi connectivity index (χ2v) is 4.93. The Hall–Kier alpha value is -1.03. The zero-order valence-corrected chi connectivity index (χ0v) is 10.3. The van der Waals surface area contributed by atoms with Gasteiger partial charge in [0.05, 0.1) is 11.9 Å². The average molecular weight is 222 g/mol. The Labute approximate surface area is 97.4 Å². The van der Waals surface area contributed by atoms with Gasteiger partial charge in [-0.05, 0) is 19.4 Å². The summed E-state index contributed by atoms with van der Waals surface area (Å²) in [7, 11) is 1.95. The molecular weight excluding hydrogens is 200 g/mol. The molecule has 0 bridgehead atoms. The van der Waals surface area contributed by atoms with Crippen LogP contribution in [0.5, 0.6) is 0 Å². The van der Waals surface area contributed by atoms with E-state index in [0.717, 1.165) is 25.3 Å². The van der Waals surface area contributed by atoms with E-state index in [-0.39, 0.29) is 0 Å². The van der Waals surface area contributed by atoms with E-state index in [9.17, 15) is 0 Å². The molecule has 1 aliphatic heterocycles. The zero-order chi connectivity index (χ0) is 11.4. The number of rotatable bonds is 5. The van der Waals surface area contributed by atoms with Crippen molar-refractivity contribution in [1.29, 1.82) is 0 Å². The Kier molecular flexibility index (Phi) is 3.49. The smallest absolute Gasteiger partial charge is 0.0726 e. The van der Waals surface area contributed by atoms with Crippen LogP contribution in [0.15, 0.2) is 12.4 Å². The summed E-state index contributed by atoms with van der Waals surface area (Å²) < 4.78 is 1.84. The fraction of sp³-hybridized carbons (Fsp3) is 0.750. The minimum absolute atomic E-state index is 0.449. The number of nitrogens with one attached hydrogen (secondary N) is 2. The number of nitrogens with zero attached hydrogens (tertiary/aromatic N) is 2. The van der Waals surface area contributed by atoms with E-state index in [2.05, 4.69) is 22.7 Å². The van der Waals surface area contributed by atoms with E-state index >= 15 is 0 Å². The standard InChI is InChI=1S/C12H22N4/c1-3-4-12(5-6-13-9-12)10-14-11-7-15-16(2)8-11/h7-8,13-14H,3-6,9-10H2,1-2H3. The summed E-state index contributed by atoms with van der Waals surface area (Å²) in [6.45, 7) is 5.63. The molecule has 4 heteroatoms. The van der Waals surface area contributed by atoms with Gasteiger partial charge in [0.15, 0.2) is 0 Å². The van der Waals surface area contributed by atoms with Crippen LogP contribution in [0.25, 0.3) is 0 Å². The highest BCUT2D eigenvalue weighted by Gasteiger charge is 2.32. The van der Waals surface area contributed by atoms with Gasteiger partial charge in [0.25, 0.3) is 0 Å². The first kappa shape index (κ1) is 11.5. The maximum Gasteiger partial charge on any atom is 0.0726 e. The topological polar surface area (TPSA) is 41.9 Å². The molecule has 0 saturated carbocycles. The Bertz CT molecular complexity index is 326. The van der Waals surface area contributed by atoms with Gasteiger partial charge in [0.2, 0.25) is 0 Å². The van der Waals surface area contributed by atoms with Crippen molar-refractivity contribution < 1.29 is 0 Å². The van der Waals surface area contributed by atoms with E-state index in [1.54, 1.807) is 0 Å². The van der Waals surface area contributed by atoms with E-state index in [1.807, 2.05) is 24.1 Å². The first-order valence-electron chi connectivity index (χ1n) is 6.17. The Balaban J connectivity index is 1.91. The lowest BCUT2D eigenvalue weighted by Gasteiger charge is -2.28. The number of hydrogen-bond acceptors (Lipinski definition) is 3. The van der Waals surface area contributed by atoms with Crippen LogP contribution in [0, 0.1) is 5.41 Å². The Morgan fingerprint density at radius 2 is 2.50 bits per heavy atom. The molecule has 1 aromatic heterocycles. The summed E-state index contributed by atoms with van der Waals surface area (Å²) in [6, 6.07) is 0. The van der Waals surface area contributed by atoms with Crippen LogP contribution < -0.4 is 10.6 Å². The maximum absolute atomic E-state index is 4.17. The van der Waals surface area contributed by atoms with Crippen LogP contribution in [0.4, 0.5) is 5.69 Å². The normalized spacial score (nSPS) is 24.9. The molecule has 16 heavy (non-hydrogen) atoms. The molecule has 1 fully saturated rings. The molecule has 2 N–H and O–H groups in total. The summed E-state index contributed by atoms with van der Waals surface area (Å²) in [5, 5.41) is 11.2. The summed E-state index contributed by atoms with van der Waals surface area (Å²) in [5.74, 6) is 0. The van der Waals surface area contributed by atoms with Crippen molar-refractivity contribution in [3.8, 4) is 0 Å². The van der Waals surface area contributed by atoms with Crippen LogP contribution in [-0.4, -0.2) is 29.4 Å². The second-order valence-electron chi connectivity index (χ2n) is 4.93. The molecule has 90 valence electrons. The molecule has 1 atom stereocenters. The van der Waals surface area contributed by atoms with E-state index in [4.69, 9.17) is 0 Å². The molecule has 1 aromatic rings. The third-order valence-corrected chi connectivity index (χ3v) is 3.48. The molecule has 2 heterocycles. The van der Waals surface area contributed by atoms with Gasteiger partial charge in [-0.15, -0.1) is 0 Å². The molecule has 1 aliphatic rings. The van der Waals surface area contributed by atoms with Crippen molar-refractivity contribution in [2.24, 2.45) is 12.5 Å². The highest BCUT2D eigenvalue weighted by Crippen LogP contribution is 2.31.